The molecular weight excluding hydrogens is 356 g/mol. The Morgan fingerprint density at radius 1 is 1.18 bits per heavy atom. The van der Waals surface area contributed by atoms with Gasteiger partial charge >= 0.3 is 5.97 Å². The lowest BCUT2D eigenvalue weighted by molar-refractivity contribution is -0.190. The molecule has 3 aliphatic rings. The van der Waals surface area contributed by atoms with E-state index in [1.165, 1.54) is 0 Å². The highest BCUT2D eigenvalue weighted by Crippen LogP contribution is 2.47. The number of rotatable bonds is 7. The fourth-order valence-corrected chi connectivity index (χ4v) is 4.03. The number of aliphatic hydroxyl groups excluding tert-OH is 1. The monoisotopic (exact) mass is 398 g/mol. The standard InChI is InChI=1S/C21H36O5.C2H6/c1-18(2,16-12-24-16)9-10-19(3,4)17(23)26-20(5)8-7-14(11-15(20)22)21(6)13-25-21;1-2/h14-16,22H,7-13H2,1-6H3;1-2H3. The second kappa shape index (κ2) is 8.23. The normalized spacial score (nSPS) is 37.5. The first-order chi connectivity index (χ1) is 12.9. The van der Waals surface area contributed by atoms with Gasteiger partial charge in [0.05, 0.1) is 36.4 Å². The molecule has 2 aliphatic heterocycles. The van der Waals surface area contributed by atoms with Gasteiger partial charge in [-0.3, -0.25) is 4.79 Å². The lowest BCUT2D eigenvalue weighted by Crippen LogP contribution is -2.51. The number of ether oxygens (including phenoxy) is 3. The quantitative estimate of drug-likeness (QED) is 0.505. The average molecular weight is 399 g/mol. The van der Waals surface area contributed by atoms with Gasteiger partial charge in [0, 0.05) is 0 Å². The molecule has 0 aromatic carbocycles. The van der Waals surface area contributed by atoms with Gasteiger partial charge in [0.15, 0.2) is 0 Å². The van der Waals surface area contributed by atoms with Crippen molar-refractivity contribution in [1.29, 1.82) is 0 Å². The largest absolute Gasteiger partial charge is 0.456 e. The molecule has 5 nitrogen and oxygen atoms in total. The van der Waals surface area contributed by atoms with Gasteiger partial charge in [-0.1, -0.05) is 27.7 Å². The molecule has 0 radical (unpaired) electrons. The molecule has 0 aromatic rings. The minimum atomic E-state index is -0.800. The maximum Gasteiger partial charge on any atom is 0.312 e. The molecule has 1 saturated carbocycles. The van der Waals surface area contributed by atoms with Gasteiger partial charge in [-0.2, -0.15) is 0 Å². The van der Waals surface area contributed by atoms with Gasteiger partial charge in [0.2, 0.25) is 0 Å². The van der Waals surface area contributed by atoms with Crippen molar-refractivity contribution in [3.63, 3.8) is 0 Å². The number of hydrogen-bond donors (Lipinski definition) is 1. The van der Waals surface area contributed by atoms with Crippen molar-refractivity contribution in [2.24, 2.45) is 16.7 Å². The summed E-state index contributed by atoms with van der Waals surface area (Å²) in [5.41, 5.74) is -1.37. The molecule has 3 rings (SSSR count). The van der Waals surface area contributed by atoms with E-state index >= 15 is 0 Å². The Hall–Kier alpha value is -0.650. The Morgan fingerprint density at radius 3 is 2.21 bits per heavy atom. The lowest BCUT2D eigenvalue weighted by Gasteiger charge is -2.43. The van der Waals surface area contributed by atoms with E-state index in [1.54, 1.807) is 0 Å². The predicted molar refractivity (Wildman–Crippen MR) is 110 cm³/mol. The second-order valence-electron chi connectivity index (χ2n) is 10.5. The summed E-state index contributed by atoms with van der Waals surface area (Å²) in [5.74, 6) is 0.135. The van der Waals surface area contributed by atoms with Crippen LogP contribution in [0.2, 0.25) is 0 Å². The van der Waals surface area contributed by atoms with E-state index in [0.29, 0.717) is 24.9 Å². The van der Waals surface area contributed by atoms with Crippen LogP contribution < -0.4 is 0 Å². The first-order valence-corrected chi connectivity index (χ1v) is 11.1. The molecule has 0 spiro atoms. The summed E-state index contributed by atoms with van der Waals surface area (Å²) in [6.07, 6.45) is 3.57. The predicted octanol–water partition coefficient (Wildman–Crippen LogP) is 4.50. The number of epoxide rings is 2. The van der Waals surface area contributed by atoms with Crippen LogP contribution >= 0.6 is 0 Å². The zero-order valence-corrected chi connectivity index (χ0v) is 19.3. The minimum Gasteiger partial charge on any atom is -0.456 e. The first-order valence-electron chi connectivity index (χ1n) is 11.1. The third-order valence-corrected chi connectivity index (χ3v) is 7.14. The van der Waals surface area contributed by atoms with Crippen molar-refractivity contribution in [3.05, 3.63) is 0 Å². The van der Waals surface area contributed by atoms with Gasteiger partial charge < -0.3 is 19.3 Å². The van der Waals surface area contributed by atoms with Gasteiger partial charge in [-0.15, -0.1) is 0 Å². The molecule has 2 saturated heterocycles. The van der Waals surface area contributed by atoms with Crippen molar-refractivity contribution in [2.75, 3.05) is 13.2 Å². The third-order valence-electron chi connectivity index (χ3n) is 7.14. The van der Waals surface area contributed by atoms with Gasteiger partial charge in [-0.25, -0.2) is 0 Å². The number of carbonyl (C=O) groups excluding carboxylic acids is 1. The summed E-state index contributed by atoms with van der Waals surface area (Å²) in [5, 5.41) is 10.7. The maximum absolute atomic E-state index is 12.9. The number of carbonyl (C=O) groups is 1. The molecule has 1 aliphatic carbocycles. The van der Waals surface area contributed by atoms with E-state index in [9.17, 15) is 9.90 Å². The van der Waals surface area contributed by atoms with Gasteiger partial charge in [-0.05, 0) is 71.1 Å². The number of aliphatic hydroxyl groups is 1. The molecule has 1 N–H and O–H groups in total. The van der Waals surface area contributed by atoms with E-state index in [-0.39, 0.29) is 17.0 Å². The molecule has 0 aromatic heterocycles. The highest BCUT2D eigenvalue weighted by molar-refractivity contribution is 5.76. The molecule has 5 heteroatoms. The van der Waals surface area contributed by atoms with Gasteiger partial charge in [0.25, 0.3) is 0 Å². The van der Waals surface area contributed by atoms with Crippen LogP contribution in [0.3, 0.4) is 0 Å². The van der Waals surface area contributed by atoms with E-state index in [1.807, 2.05) is 34.6 Å². The van der Waals surface area contributed by atoms with Crippen molar-refractivity contribution in [3.8, 4) is 0 Å². The Kier molecular flexibility index (Phi) is 6.95. The van der Waals surface area contributed by atoms with Crippen LogP contribution in [0.4, 0.5) is 0 Å². The molecule has 5 atom stereocenters. The molecule has 5 unspecified atom stereocenters. The van der Waals surface area contributed by atoms with E-state index in [2.05, 4.69) is 20.8 Å². The van der Waals surface area contributed by atoms with Gasteiger partial charge in [0.1, 0.15) is 5.60 Å². The topological polar surface area (TPSA) is 71.6 Å². The maximum atomic E-state index is 12.9. The first kappa shape index (κ1) is 23.6. The zero-order chi connectivity index (χ0) is 21.4. The summed E-state index contributed by atoms with van der Waals surface area (Å²) < 4.78 is 16.9. The smallest absolute Gasteiger partial charge is 0.312 e. The Bertz CT molecular complexity index is 547. The summed E-state index contributed by atoms with van der Waals surface area (Å²) in [4.78, 5) is 12.9. The number of esters is 1. The molecule has 164 valence electrons. The molecule has 3 fully saturated rings. The van der Waals surface area contributed by atoms with Crippen LogP contribution in [0.1, 0.15) is 87.5 Å². The third kappa shape index (κ3) is 5.28. The number of hydrogen-bond acceptors (Lipinski definition) is 5. The summed E-state index contributed by atoms with van der Waals surface area (Å²) in [7, 11) is 0. The molecule has 2 heterocycles. The molecule has 0 bridgehead atoms. The van der Waals surface area contributed by atoms with E-state index in [4.69, 9.17) is 14.2 Å². The SMILES string of the molecule is CC.CC(C)(CCC(C)(C)C1CO1)C(=O)OC1(C)CCC(C2(C)CO2)CC1O. The van der Waals surface area contributed by atoms with Crippen LogP contribution in [-0.2, 0) is 19.0 Å². The van der Waals surface area contributed by atoms with Crippen LogP contribution in [0.25, 0.3) is 0 Å². The Morgan fingerprint density at radius 2 is 1.75 bits per heavy atom. The van der Waals surface area contributed by atoms with Crippen molar-refractivity contribution in [2.45, 2.75) is 111 Å². The second-order valence-corrected chi connectivity index (χ2v) is 10.5. The highest BCUT2D eigenvalue weighted by atomic mass is 16.6. The molecule has 28 heavy (non-hydrogen) atoms. The van der Waals surface area contributed by atoms with Crippen molar-refractivity contribution >= 4 is 5.97 Å². The minimum absolute atomic E-state index is 0.0813. The summed E-state index contributed by atoms with van der Waals surface area (Å²) in [6.45, 7) is 17.9. The van der Waals surface area contributed by atoms with Crippen molar-refractivity contribution in [1.82, 2.24) is 0 Å². The highest BCUT2D eigenvalue weighted by Gasteiger charge is 2.53. The fourth-order valence-electron chi connectivity index (χ4n) is 4.03. The van der Waals surface area contributed by atoms with Crippen molar-refractivity contribution < 1.29 is 24.1 Å². The van der Waals surface area contributed by atoms with E-state index in [0.717, 1.165) is 32.5 Å². The van der Waals surface area contributed by atoms with Crippen LogP contribution in [0.15, 0.2) is 0 Å². The van der Waals surface area contributed by atoms with E-state index < -0.39 is 17.1 Å². The fraction of sp³-hybridized carbons (Fsp3) is 0.957. The van der Waals surface area contributed by atoms with Crippen LogP contribution in [0.5, 0.6) is 0 Å². The summed E-state index contributed by atoms with van der Waals surface area (Å²) >= 11 is 0. The Labute approximate surface area is 171 Å². The van der Waals surface area contributed by atoms with Crippen LogP contribution in [0, 0.1) is 16.7 Å². The molecular formula is C23H42O5. The van der Waals surface area contributed by atoms with Crippen LogP contribution in [-0.4, -0.2) is 47.7 Å². The summed E-state index contributed by atoms with van der Waals surface area (Å²) in [6, 6.07) is 0. The lowest BCUT2D eigenvalue weighted by atomic mass is 9.72. The Balaban J connectivity index is 0.00000136. The molecule has 0 amide bonds. The zero-order valence-electron chi connectivity index (χ0n) is 19.3. The average Bonchev–Trinajstić information content (AvgIpc) is 3.53.